The van der Waals surface area contributed by atoms with Gasteiger partial charge in [-0.05, 0) is 46.6 Å². The lowest BCUT2D eigenvalue weighted by atomic mass is 10.4. The number of nitrogens with zero attached hydrogens (tertiary/aromatic N) is 2. The molecular weight excluding hydrogens is 293 g/mol. The zero-order valence-corrected chi connectivity index (χ0v) is 10.8. The third-order valence-electron chi connectivity index (χ3n) is 1.94. The Labute approximate surface area is 106 Å². The molecular formula is C10H9BrClN3O. The van der Waals surface area contributed by atoms with Crippen molar-refractivity contribution in [1.29, 1.82) is 0 Å². The summed E-state index contributed by atoms with van der Waals surface area (Å²) in [4.78, 5) is 7.89. The van der Waals surface area contributed by atoms with Crippen LogP contribution in [0.3, 0.4) is 0 Å². The van der Waals surface area contributed by atoms with Crippen LogP contribution in [0.2, 0.25) is 5.28 Å². The maximum absolute atomic E-state index is 5.70. The zero-order chi connectivity index (χ0) is 11.5. The molecule has 0 amide bonds. The van der Waals surface area contributed by atoms with Crippen LogP contribution in [0.15, 0.2) is 27.2 Å². The van der Waals surface area contributed by atoms with Crippen molar-refractivity contribution in [3.05, 3.63) is 39.6 Å². The van der Waals surface area contributed by atoms with Crippen LogP contribution in [0.1, 0.15) is 11.5 Å². The van der Waals surface area contributed by atoms with Crippen LogP contribution in [-0.2, 0) is 6.54 Å². The molecule has 0 saturated heterocycles. The number of rotatable bonds is 3. The Morgan fingerprint density at radius 3 is 3.00 bits per heavy atom. The van der Waals surface area contributed by atoms with Crippen molar-refractivity contribution in [3.63, 3.8) is 0 Å². The van der Waals surface area contributed by atoms with Crippen LogP contribution >= 0.6 is 27.5 Å². The van der Waals surface area contributed by atoms with Gasteiger partial charge in [-0.2, -0.15) is 4.98 Å². The minimum Gasteiger partial charge on any atom is -0.465 e. The maximum atomic E-state index is 5.70. The molecule has 6 heteroatoms. The van der Waals surface area contributed by atoms with Gasteiger partial charge in [-0.15, -0.1) is 0 Å². The lowest BCUT2D eigenvalue weighted by Gasteiger charge is -2.05. The monoisotopic (exact) mass is 301 g/mol. The first-order valence-corrected chi connectivity index (χ1v) is 5.79. The first kappa shape index (κ1) is 11.4. The van der Waals surface area contributed by atoms with E-state index in [4.69, 9.17) is 16.0 Å². The van der Waals surface area contributed by atoms with Crippen LogP contribution in [0.4, 0.5) is 5.82 Å². The third kappa shape index (κ3) is 2.74. The van der Waals surface area contributed by atoms with E-state index in [-0.39, 0.29) is 5.28 Å². The largest absolute Gasteiger partial charge is 0.465 e. The van der Waals surface area contributed by atoms with Crippen LogP contribution in [0.25, 0.3) is 0 Å². The Balaban J connectivity index is 2.07. The number of anilines is 1. The van der Waals surface area contributed by atoms with Gasteiger partial charge in [0.15, 0.2) is 0 Å². The molecule has 0 spiro atoms. The van der Waals surface area contributed by atoms with Crippen LogP contribution < -0.4 is 5.32 Å². The number of aryl methyl sites for hydroxylation is 1. The summed E-state index contributed by atoms with van der Waals surface area (Å²) in [6.45, 7) is 2.46. The van der Waals surface area contributed by atoms with Gasteiger partial charge in [0, 0.05) is 6.20 Å². The van der Waals surface area contributed by atoms with Gasteiger partial charge in [0.05, 0.1) is 11.0 Å². The average molecular weight is 303 g/mol. The number of hydrogen-bond acceptors (Lipinski definition) is 4. The molecule has 0 fully saturated rings. The second kappa shape index (κ2) is 4.84. The van der Waals surface area contributed by atoms with Crippen molar-refractivity contribution in [2.24, 2.45) is 0 Å². The fourth-order valence-electron chi connectivity index (χ4n) is 1.22. The molecule has 16 heavy (non-hydrogen) atoms. The molecule has 0 radical (unpaired) electrons. The molecule has 0 aromatic carbocycles. The maximum Gasteiger partial charge on any atom is 0.224 e. The molecule has 2 aromatic heterocycles. The van der Waals surface area contributed by atoms with Crippen molar-refractivity contribution < 1.29 is 4.42 Å². The normalized spacial score (nSPS) is 10.4. The summed E-state index contributed by atoms with van der Waals surface area (Å²) in [6, 6.07) is 3.83. The zero-order valence-electron chi connectivity index (χ0n) is 8.50. The number of nitrogens with one attached hydrogen (secondary N) is 1. The topological polar surface area (TPSA) is 51.0 Å². The quantitative estimate of drug-likeness (QED) is 0.883. The van der Waals surface area contributed by atoms with E-state index in [9.17, 15) is 0 Å². The van der Waals surface area contributed by atoms with Crippen molar-refractivity contribution in [1.82, 2.24) is 9.97 Å². The van der Waals surface area contributed by atoms with E-state index in [1.54, 1.807) is 6.20 Å². The van der Waals surface area contributed by atoms with Gasteiger partial charge in [0.2, 0.25) is 5.28 Å². The molecule has 0 unspecified atom stereocenters. The van der Waals surface area contributed by atoms with Crippen LogP contribution in [-0.4, -0.2) is 9.97 Å². The fraction of sp³-hybridized carbons (Fsp3) is 0.200. The Morgan fingerprint density at radius 2 is 2.31 bits per heavy atom. The first-order chi connectivity index (χ1) is 7.65. The molecule has 0 atom stereocenters. The van der Waals surface area contributed by atoms with E-state index in [0.29, 0.717) is 12.4 Å². The third-order valence-corrected chi connectivity index (χ3v) is 2.70. The number of aromatic nitrogens is 2. The Morgan fingerprint density at radius 1 is 1.50 bits per heavy atom. The molecule has 84 valence electrons. The molecule has 2 rings (SSSR count). The van der Waals surface area contributed by atoms with Gasteiger partial charge in [0.25, 0.3) is 0 Å². The summed E-state index contributed by atoms with van der Waals surface area (Å²) in [6.07, 6.45) is 1.60. The van der Waals surface area contributed by atoms with E-state index in [0.717, 1.165) is 16.0 Å². The summed E-state index contributed by atoms with van der Waals surface area (Å²) < 4.78 is 6.19. The van der Waals surface area contributed by atoms with E-state index < -0.39 is 0 Å². The van der Waals surface area contributed by atoms with E-state index in [1.807, 2.05) is 19.1 Å². The van der Waals surface area contributed by atoms with Crippen LogP contribution in [0, 0.1) is 6.92 Å². The van der Waals surface area contributed by atoms with Gasteiger partial charge < -0.3 is 9.73 Å². The van der Waals surface area contributed by atoms with Gasteiger partial charge in [-0.1, -0.05) is 0 Å². The summed E-state index contributed by atoms with van der Waals surface area (Å²) >= 11 is 9.03. The number of hydrogen-bond donors (Lipinski definition) is 1. The fourth-order valence-corrected chi connectivity index (χ4v) is 1.69. The standard InChI is InChI=1S/C10H9BrClN3O/c1-6-2-3-7(16-6)4-13-9-8(11)5-14-10(12)15-9/h2-3,5H,4H2,1H3,(H,13,14,15). The summed E-state index contributed by atoms with van der Waals surface area (Å²) in [5.41, 5.74) is 0. The molecule has 0 aliphatic rings. The molecule has 2 heterocycles. The first-order valence-electron chi connectivity index (χ1n) is 4.62. The molecule has 1 N–H and O–H groups in total. The Hall–Kier alpha value is -1.07. The summed E-state index contributed by atoms with van der Waals surface area (Å²) in [5, 5.41) is 3.32. The predicted molar refractivity (Wildman–Crippen MR) is 65.5 cm³/mol. The van der Waals surface area contributed by atoms with E-state index >= 15 is 0 Å². The van der Waals surface area contributed by atoms with Gasteiger partial charge in [-0.25, -0.2) is 4.98 Å². The van der Waals surface area contributed by atoms with E-state index in [1.165, 1.54) is 0 Å². The highest BCUT2D eigenvalue weighted by atomic mass is 79.9. The predicted octanol–water partition coefficient (Wildman–Crippen LogP) is 3.41. The minimum atomic E-state index is 0.210. The molecule has 2 aromatic rings. The smallest absolute Gasteiger partial charge is 0.224 e. The van der Waals surface area contributed by atoms with Crippen molar-refractivity contribution in [2.75, 3.05) is 5.32 Å². The number of halogens is 2. The number of furan rings is 1. The molecule has 0 bridgehead atoms. The SMILES string of the molecule is Cc1ccc(CNc2nc(Cl)ncc2Br)o1. The second-order valence-corrected chi connectivity index (χ2v) is 4.39. The lowest BCUT2D eigenvalue weighted by molar-refractivity contribution is 0.490. The highest BCUT2D eigenvalue weighted by molar-refractivity contribution is 9.10. The Bertz CT molecular complexity index is 501. The second-order valence-electron chi connectivity index (χ2n) is 3.20. The summed E-state index contributed by atoms with van der Waals surface area (Å²) in [5.74, 6) is 2.38. The van der Waals surface area contributed by atoms with Gasteiger partial charge >= 0.3 is 0 Å². The van der Waals surface area contributed by atoms with Crippen molar-refractivity contribution in [3.8, 4) is 0 Å². The molecule has 0 aliphatic carbocycles. The molecule has 0 saturated carbocycles. The minimum absolute atomic E-state index is 0.210. The molecule has 4 nitrogen and oxygen atoms in total. The van der Waals surface area contributed by atoms with Crippen molar-refractivity contribution in [2.45, 2.75) is 13.5 Å². The van der Waals surface area contributed by atoms with Gasteiger partial charge in [0.1, 0.15) is 17.3 Å². The Kier molecular flexibility index (Phi) is 3.46. The van der Waals surface area contributed by atoms with Gasteiger partial charge in [-0.3, -0.25) is 0 Å². The average Bonchev–Trinajstić information content (AvgIpc) is 2.66. The molecule has 0 aliphatic heterocycles. The van der Waals surface area contributed by atoms with Crippen LogP contribution in [0.5, 0.6) is 0 Å². The highest BCUT2D eigenvalue weighted by Gasteiger charge is 2.04. The van der Waals surface area contributed by atoms with Crippen molar-refractivity contribution >= 4 is 33.3 Å². The van der Waals surface area contributed by atoms with E-state index in [2.05, 4.69) is 31.2 Å². The highest BCUT2D eigenvalue weighted by Crippen LogP contribution is 2.21. The lowest BCUT2D eigenvalue weighted by Crippen LogP contribution is -2.02. The summed E-state index contributed by atoms with van der Waals surface area (Å²) in [7, 11) is 0.